The monoisotopic (exact) mass is 323 g/mol. The second-order valence-electron chi connectivity index (χ2n) is 5.04. The van der Waals surface area contributed by atoms with Gasteiger partial charge in [-0.2, -0.15) is 24.9 Å². The first-order valence-corrected chi connectivity index (χ1v) is 8.11. The number of benzene rings is 1. The predicted molar refractivity (Wildman–Crippen MR) is 79.9 cm³/mol. The molecule has 1 N–H and O–H groups in total. The molecule has 0 aromatic heterocycles. The van der Waals surface area contributed by atoms with Crippen LogP contribution in [0.3, 0.4) is 0 Å². The van der Waals surface area contributed by atoms with Crippen molar-refractivity contribution in [1.29, 1.82) is 0 Å². The molecule has 6 heteroatoms. The van der Waals surface area contributed by atoms with Gasteiger partial charge in [0.2, 0.25) is 0 Å². The lowest BCUT2D eigenvalue weighted by atomic mass is 10.0. The molecule has 1 aromatic rings. The number of hydrogen-bond donors (Lipinski definition) is 1. The fourth-order valence-corrected chi connectivity index (χ4v) is 3.04. The summed E-state index contributed by atoms with van der Waals surface area (Å²) < 4.78 is 51.3. The van der Waals surface area contributed by atoms with Gasteiger partial charge >= 0.3 is 6.18 Å². The van der Waals surface area contributed by atoms with E-state index in [0.717, 1.165) is 25.0 Å². The molecule has 1 nitrogen and oxygen atoms in total. The van der Waals surface area contributed by atoms with Crippen molar-refractivity contribution in [2.24, 2.45) is 0 Å². The topological polar surface area (TPSA) is 12.0 Å². The maximum atomic E-state index is 13.3. The summed E-state index contributed by atoms with van der Waals surface area (Å²) >= 11 is 1.75. The van der Waals surface area contributed by atoms with E-state index in [4.69, 9.17) is 0 Å². The zero-order valence-corrected chi connectivity index (χ0v) is 13.3. The Labute approximate surface area is 127 Å². The first-order valence-electron chi connectivity index (χ1n) is 6.89. The van der Waals surface area contributed by atoms with Gasteiger partial charge in [-0.1, -0.05) is 13.8 Å². The number of rotatable bonds is 7. The van der Waals surface area contributed by atoms with Crippen LogP contribution in [0, 0.1) is 5.82 Å². The van der Waals surface area contributed by atoms with Crippen molar-refractivity contribution in [1.82, 2.24) is 5.32 Å². The van der Waals surface area contributed by atoms with Crippen molar-refractivity contribution in [2.75, 3.05) is 12.8 Å². The lowest BCUT2D eigenvalue weighted by Crippen LogP contribution is -2.36. The van der Waals surface area contributed by atoms with E-state index in [1.165, 1.54) is 0 Å². The average Bonchev–Trinajstić information content (AvgIpc) is 2.43. The summed E-state index contributed by atoms with van der Waals surface area (Å²) in [4.78, 5) is 0. The van der Waals surface area contributed by atoms with Crippen LogP contribution in [0.15, 0.2) is 18.2 Å². The number of thioether (sulfide) groups is 1. The van der Waals surface area contributed by atoms with Crippen molar-refractivity contribution in [3.63, 3.8) is 0 Å². The molecule has 1 aromatic carbocycles. The standard InChI is InChI=1S/C15H21F4NS/c1-4-14(5-2,21-3)10-20-9-11-6-12(15(17,18)19)8-13(16)7-11/h6-8,20H,4-5,9-10H2,1-3H3. The lowest BCUT2D eigenvalue weighted by Gasteiger charge is -2.30. The largest absolute Gasteiger partial charge is 0.416 e. The Hall–Kier alpha value is -0.750. The quantitative estimate of drug-likeness (QED) is 0.720. The van der Waals surface area contributed by atoms with E-state index in [0.29, 0.717) is 18.2 Å². The molecule has 0 aliphatic heterocycles. The maximum Gasteiger partial charge on any atom is 0.416 e. The SMILES string of the molecule is CCC(CC)(CNCc1cc(F)cc(C(F)(F)F)c1)SC. The molecule has 0 saturated carbocycles. The first-order chi connectivity index (χ1) is 9.76. The molecule has 0 heterocycles. The van der Waals surface area contributed by atoms with E-state index < -0.39 is 17.6 Å². The zero-order valence-electron chi connectivity index (χ0n) is 12.5. The van der Waals surface area contributed by atoms with Crippen molar-refractivity contribution < 1.29 is 17.6 Å². The van der Waals surface area contributed by atoms with Gasteiger partial charge in [-0.3, -0.25) is 0 Å². The Morgan fingerprint density at radius 2 is 1.71 bits per heavy atom. The highest BCUT2D eigenvalue weighted by Crippen LogP contribution is 2.31. The molecular formula is C15H21F4NS. The lowest BCUT2D eigenvalue weighted by molar-refractivity contribution is -0.137. The fraction of sp³-hybridized carbons (Fsp3) is 0.600. The molecule has 1 rings (SSSR count). The maximum absolute atomic E-state index is 13.3. The summed E-state index contributed by atoms with van der Waals surface area (Å²) in [6.07, 6.45) is -0.561. The van der Waals surface area contributed by atoms with Crippen LogP contribution in [0.4, 0.5) is 17.6 Å². The van der Waals surface area contributed by atoms with Crippen LogP contribution in [0.1, 0.15) is 37.8 Å². The van der Waals surface area contributed by atoms with Crippen molar-refractivity contribution in [3.05, 3.63) is 35.1 Å². The Morgan fingerprint density at radius 1 is 1.10 bits per heavy atom. The Morgan fingerprint density at radius 3 is 2.19 bits per heavy atom. The number of nitrogens with one attached hydrogen (secondary N) is 1. The molecule has 0 bridgehead atoms. The molecule has 0 fully saturated rings. The highest BCUT2D eigenvalue weighted by molar-refractivity contribution is 8.00. The molecule has 120 valence electrons. The molecule has 0 unspecified atom stereocenters. The summed E-state index contributed by atoms with van der Waals surface area (Å²) in [6.45, 7) is 5.08. The van der Waals surface area contributed by atoms with Crippen LogP contribution in [-0.4, -0.2) is 17.5 Å². The molecule has 0 amide bonds. The van der Waals surface area contributed by atoms with Gasteiger partial charge in [-0.25, -0.2) is 4.39 Å². The Bertz CT molecular complexity index is 447. The third-order valence-electron chi connectivity index (χ3n) is 3.78. The highest BCUT2D eigenvalue weighted by Gasteiger charge is 2.31. The summed E-state index contributed by atoms with van der Waals surface area (Å²) in [5.41, 5.74) is -0.633. The van der Waals surface area contributed by atoms with E-state index in [-0.39, 0.29) is 11.3 Å². The van der Waals surface area contributed by atoms with Crippen molar-refractivity contribution >= 4 is 11.8 Å². The van der Waals surface area contributed by atoms with Gasteiger partial charge in [0.1, 0.15) is 5.82 Å². The van der Waals surface area contributed by atoms with Crippen LogP contribution in [0.2, 0.25) is 0 Å². The molecule has 0 spiro atoms. The summed E-state index contributed by atoms with van der Waals surface area (Å²) in [7, 11) is 0. The molecule has 0 radical (unpaired) electrons. The molecular weight excluding hydrogens is 302 g/mol. The number of halogens is 4. The van der Waals surface area contributed by atoms with E-state index in [2.05, 4.69) is 19.2 Å². The van der Waals surface area contributed by atoms with Gasteiger partial charge in [0.05, 0.1) is 5.56 Å². The third-order valence-corrected chi connectivity index (χ3v) is 5.37. The van der Waals surface area contributed by atoms with E-state index >= 15 is 0 Å². The minimum absolute atomic E-state index is 0.0696. The van der Waals surface area contributed by atoms with Gasteiger partial charge < -0.3 is 5.32 Å². The fourth-order valence-electron chi connectivity index (χ4n) is 2.21. The summed E-state index contributed by atoms with van der Waals surface area (Å²) in [5, 5.41) is 3.15. The van der Waals surface area contributed by atoms with Gasteiger partial charge in [-0.15, -0.1) is 0 Å². The normalized spacial score (nSPS) is 12.7. The third kappa shape index (κ3) is 5.18. The number of alkyl halides is 3. The minimum atomic E-state index is -4.52. The second kappa shape index (κ2) is 7.49. The summed E-state index contributed by atoms with van der Waals surface area (Å²) in [6, 6.07) is 2.66. The highest BCUT2D eigenvalue weighted by atomic mass is 32.2. The molecule has 0 aliphatic carbocycles. The molecule has 21 heavy (non-hydrogen) atoms. The Kier molecular flexibility index (Phi) is 6.53. The van der Waals surface area contributed by atoms with Crippen LogP contribution in [0.25, 0.3) is 0 Å². The minimum Gasteiger partial charge on any atom is -0.311 e. The summed E-state index contributed by atoms with van der Waals surface area (Å²) in [5.74, 6) is -0.858. The van der Waals surface area contributed by atoms with Gasteiger partial charge in [0.25, 0.3) is 0 Å². The van der Waals surface area contributed by atoms with Crippen LogP contribution < -0.4 is 5.32 Å². The van der Waals surface area contributed by atoms with Gasteiger partial charge in [-0.05, 0) is 42.9 Å². The molecule has 0 saturated heterocycles. The molecule has 0 aliphatic rings. The zero-order chi connectivity index (χ0) is 16.1. The van der Waals surface area contributed by atoms with Gasteiger partial charge in [0, 0.05) is 17.8 Å². The van der Waals surface area contributed by atoms with E-state index in [1.54, 1.807) is 11.8 Å². The first kappa shape index (κ1) is 18.3. The van der Waals surface area contributed by atoms with Crippen molar-refractivity contribution in [2.45, 2.75) is 44.2 Å². The van der Waals surface area contributed by atoms with E-state index in [1.807, 2.05) is 6.26 Å². The Balaban J connectivity index is 2.74. The van der Waals surface area contributed by atoms with E-state index in [9.17, 15) is 17.6 Å². The van der Waals surface area contributed by atoms with Crippen LogP contribution in [-0.2, 0) is 12.7 Å². The number of hydrogen-bond acceptors (Lipinski definition) is 2. The smallest absolute Gasteiger partial charge is 0.311 e. The second-order valence-corrected chi connectivity index (χ2v) is 6.32. The van der Waals surface area contributed by atoms with Crippen molar-refractivity contribution in [3.8, 4) is 0 Å². The average molecular weight is 323 g/mol. The van der Waals surface area contributed by atoms with Crippen LogP contribution in [0.5, 0.6) is 0 Å². The van der Waals surface area contributed by atoms with Crippen LogP contribution >= 0.6 is 11.8 Å². The molecule has 0 atom stereocenters. The van der Waals surface area contributed by atoms with Gasteiger partial charge in [0.15, 0.2) is 0 Å². The predicted octanol–water partition coefficient (Wildman–Crippen LogP) is 4.86.